The van der Waals surface area contributed by atoms with Gasteiger partial charge in [0.15, 0.2) is 5.76 Å². The highest BCUT2D eigenvalue weighted by atomic mass is 16.5. The first-order valence-electron chi connectivity index (χ1n) is 9.20. The molecule has 1 fully saturated rings. The summed E-state index contributed by atoms with van der Waals surface area (Å²) in [5.41, 5.74) is 5.04. The van der Waals surface area contributed by atoms with Crippen molar-refractivity contribution in [3.8, 4) is 11.3 Å². The Labute approximate surface area is 153 Å². The molecule has 5 rings (SSSR count). The number of nitrogens with zero attached hydrogens (tertiary/aromatic N) is 3. The zero-order valence-electron chi connectivity index (χ0n) is 14.6. The number of fused-ring (bicyclic) bond motifs is 2. The topological polar surface area (TPSA) is 42.2 Å². The summed E-state index contributed by atoms with van der Waals surface area (Å²) in [5, 5.41) is 4.21. The van der Waals surface area contributed by atoms with E-state index in [0.717, 1.165) is 49.5 Å². The van der Waals surface area contributed by atoms with Gasteiger partial charge in [-0.3, -0.25) is 9.88 Å². The fourth-order valence-electron chi connectivity index (χ4n) is 4.25. The second-order valence-electron chi connectivity index (χ2n) is 7.27. The summed E-state index contributed by atoms with van der Waals surface area (Å²) in [4.78, 5) is 6.52. The second-order valence-corrected chi connectivity index (χ2v) is 7.27. The van der Waals surface area contributed by atoms with Gasteiger partial charge < -0.3 is 4.52 Å². The molecule has 0 unspecified atom stereocenters. The number of hydrogen-bond donors (Lipinski definition) is 0. The fraction of sp³-hybridized carbons (Fsp3) is 0.273. The van der Waals surface area contributed by atoms with E-state index in [2.05, 4.69) is 51.5 Å². The lowest BCUT2D eigenvalue weighted by atomic mass is 9.74. The summed E-state index contributed by atoms with van der Waals surface area (Å²) in [7, 11) is 0. The third kappa shape index (κ3) is 2.67. The van der Waals surface area contributed by atoms with Crippen LogP contribution >= 0.6 is 0 Å². The van der Waals surface area contributed by atoms with E-state index in [0.29, 0.717) is 0 Å². The van der Waals surface area contributed by atoms with Crippen LogP contribution in [0.4, 0.5) is 0 Å². The van der Waals surface area contributed by atoms with Gasteiger partial charge >= 0.3 is 0 Å². The molecule has 1 aromatic carbocycles. The summed E-state index contributed by atoms with van der Waals surface area (Å²) < 4.78 is 5.57. The van der Waals surface area contributed by atoms with Crippen molar-refractivity contribution < 1.29 is 4.52 Å². The third-order valence-corrected chi connectivity index (χ3v) is 5.74. The summed E-state index contributed by atoms with van der Waals surface area (Å²) in [6.07, 6.45) is 10.6. The van der Waals surface area contributed by atoms with E-state index < -0.39 is 0 Å². The molecule has 0 atom stereocenters. The lowest BCUT2D eigenvalue weighted by Gasteiger charge is -2.38. The predicted molar refractivity (Wildman–Crippen MR) is 101 cm³/mol. The Morgan fingerprint density at radius 2 is 1.85 bits per heavy atom. The minimum atomic E-state index is 0.233. The van der Waals surface area contributed by atoms with Crippen LogP contribution < -0.4 is 0 Å². The molecule has 2 aromatic heterocycles. The van der Waals surface area contributed by atoms with Crippen LogP contribution in [0.5, 0.6) is 0 Å². The van der Waals surface area contributed by atoms with E-state index in [4.69, 9.17) is 4.52 Å². The maximum absolute atomic E-state index is 5.57. The van der Waals surface area contributed by atoms with Gasteiger partial charge in [0, 0.05) is 29.4 Å². The minimum Gasteiger partial charge on any atom is -0.359 e. The summed E-state index contributed by atoms with van der Waals surface area (Å²) >= 11 is 0. The van der Waals surface area contributed by atoms with Gasteiger partial charge in [-0.05, 0) is 49.2 Å². The van der Waals surface area contributed by atoms with Gasteiger partial charge in [-0.2, -0.15) is 0 Å². The Hall–Kier alpha value is -2.72. The van der Waals surface area contributed by atoms with E-state index >= 15 is 0 Å². The SMILES string of the molecule is C1=CC2(CCN(Cc3cc(-c4ccncc4)no3)CC2)c2ccccc21. The summed E-state index contributed by atoms with van der Waals surface area (Å²) in [5.74, 6) is 0.926. The molecule has 0 N–H and O–H groups in total. The largest absolute Gasteiger partial charge is 0.359 e. The standard InChI is InChI=1S/C22H21N3O/c1-2-4-20-17(3-1)5-8-22(20)9-13-25(14-10-22)16-19-15-21(24-26-19)18-6-11-23-12-7-18/h1-8,11-12,15H,9-10,13-14,16H2. The van der Waals surface area contributed by atoms with Crippen molar-refractivity contribution >= 4 is 6.08 Å². The number of piperidine rings is 1. The highest BCUT2D eigenvalue weighted by Gasteiger charge is 2.37. The molecule has 0 amide bonds. The molecule has 1 saturated heterocycles. The highest BCUT2D eigenvalue weighted by molar-refractivity contribution is 5.65. The number of likely N-dealkylation sites (tertiary alicyclic amines) is 1. The van der Waals surface area contributed by atoms with Crippen molar-refractivity contribution in [1.82, 2.24) is 15.0 Å². The number of allylic oxidation sites excluding steroid dienone is 1. The number of rotatable bonds is 3. The third-order valence-electron chi connectivity index (χ3n) is 5.74. The second kappa shape index (κ2) is 6.22. The Bertz CT molecular complexity index is 937. The molecular weight excluding hydrogens is 322 g/mol. The van der Waals surface area contributed by atoms with Crippen molar-refractivity contribution in [1.29, 1.82) is 0 Å². The van der Waals surface area contributed by atoms with Crippen LogP contribution in [-0.4, -0.2) is 28.1 Å². The Kier molecular flexibility index (Phi) is 3.71. The number of hydrogen-bond acceptors (Lipinski definition) is 4. The van der Waals surface area contributed by atoms with Crippen LogP contribution in [0.2, 0.25) is 0 Å². The number of aromatic nitrogens is 2. The average Bonchev–Trinajstić information content (AvgIpc) is 3.31. The molecule has 1 spiro atoms. The minimum absolute atomic E-state index is 0.233. The van der Waals surface area contributed by atoms with Crippen LogP contribution in [0.3, 0.4) is 0 Å². The van der Waals surface area contributed by atoms with Crippen LogP contribution in [0.1, 0.15) is 29.7 Å². The lowest BCUT2D eigenvalue weighted by Crippen LogP contribution is -2.40. The Morgan fingerprint density at radius 3 is 2.69 bits per heavy atom. The zero-order chi connectivity index (χ0) is 17.4. The normalized spacial score (nSPS) is 18.3. The molecular formula is C22H21N3O. The van der Waals surface area contributed by atoms with Gasteiger partial charge in [-0.25, -0.2) is 0 Å². The van der Waals surface area contributed by atoms with Crippen LogP contribution in [0.15, 0.2) is 65.5 Å². The van der Waals surface area contributed by atoms with Gasteiger partial charge in [0.1, 0.15) is 5.69 Å². The van der Waals surface area contributed by atoms with Gasteiger partial charge in [0.05, 0.1) is 6.54 Å². The van der Waals surface area contributed by atoms with E-state index in [-0.39, 0.29) is 5.41 Å². The smallest absolute Gasteiger partial charge is 0.151 e. The first-order valence-corrected chi connectivity index (χ1v) is 9.20. The first-order chi connectivity index (χ1) is 12.8. The van der Waals surface area contributed by atoms with E-state index in [1.165, 1.54) is 11.1 Å². The highest BCUT2D eigenvalue weighted by Crippen LogP contribution is 2.43. The predicted octanol–water partition coefficient (Wildman–Crippen LogP) is 4.30. The maximum Gasteiger partial charge on any atom is 0.151 e. The monoisotopic (exact) mass is 343 g/mol. The lowest BCUT2D eigenvalue weighted by molar-refractivity contribution is 0.161. The molecule has 0 radical (unpaired) electrons. The van der Waals surface area contributed by atoms with Crippen LogP contribution in [0, 0.1) is 0 Å². The molecule has 26 heavy (non-hydrogen) atoms. The van der Waals surface area contributed by atoms with Gasteiger partial charge in [0.25, 0.3) is 0 Å². The first kappa shape index (κ1) is 15.5. The molecule has 4 heteroatoms. The van der Waals surface area contributed by atoms with Gasteiger partial charge in [-0.15, -0.1) is 0 Å². The fourth-order valence-corrected chi connectivity index (χ4v) is 4.25. The average molecular weight is 343 g/mol. The molecule has 3 aromatic rings. The van der Waals surface area contributed by atoms with Crippen LogP contribution in [-0.2, 0) is 12.0 Å². The molecule has 130 valence electrons. The molecule has 2 aliphatic rings. The van der Waals surface area contributed by atoms with Crippen molar-refractivity contribution in [3.63, 3.8) is 0 Å². The van der Waals surface area contributed by atoms with Gasteiger partial charge in [0.2, 0.25) is 0 Å². The molecule has 3 heterocycles. The molecule has 4 nitrogen and oxygen atoms in total. The van der Waals surface area contributed by atoms with Crippen molar-refractivity contribution in [3.05, 3.63) is 77.8 Å². The quantitative estimate of drug-likeness (QED) is 0.711. The summed E-state index contributed by atoms with van der Waals surface area (Å²) in [6, 6.07) is 14.8. The molecule has 0 bridgehead atoms. The van der Waals surface area contributed by atoms with Crippen LogP contribution in [0.25, 0.3) is 17.3 Å². The Morgan fingerprint density at radius 1 is 1.04 bits per heavy atom. The number of pyridine rings is 1. The van der Waals surface area contributed by atoms with Crippen molar-refractivity contribution in [2.24, 2.45) is 0 Å². The Balaban J connectivity index is 1.26. The van der Waals surface area contributed by atoms with Crippen molar-refractivity contribution in [2.45, 2.75) is 24.8 Å². The maximum atomic E-state index is 5.57. The van der Waals surface area contributed by atoms with E-state index in [1.807, 2.05) is 18.2 Å². The molecule has 1 aliphatic heterocycles. The van der Waals surface area contributed by atoms with E-state index in [9.17, 15) is 0 Å². The van der Waals surface area contributed by atoms with Gasteiger partial charge in [-0.1, -0.05) is 41.6 Å². The number of benzene rings is 1. The van der Waals surface area contributed by atoms with E-state index in [1.54, 1.807) is 12.4 Å². The zero-order valence-corrected chi connectivity index (χ0v) is 14.6. The molecule has 0 saturated carbocycles. The summed E-state index contributed by atoms with van der Waals surface area (Å²) in [6.45, 7) is 2.97. The molecule has 1 aliphatic carbocycles. The van der Waals surface area contributed by atoms with Crippen molar-refractivity contribution in [2.75, 3.05) is 13.1 Å².